The van der Waals surface area contributed by atoms with Gasteiger partial charge in [-0.3, -0.25) is 14.3 Å². The van der Waals surface area contributed by atoms with Crippen molar-refractivity contribution in [1.82, 2.24) is 9.78 Å². The monoisotopic (exact) mass is 324 g/mol. The number of hydrogen-bond donors (Lipinski definition) is 2. The molecule has 2 heterocycles. The van der Waals surface area contributed by atoms with Gasteiger partial charge < -0.3 is 10.6 Å². The third-order valence-corrected chi connectivity index (χ3v) is 4.01. The van der Waals surface area contributed by atoms with Gasteiger partial charge in [0.15, 0.2) is 0 Å². The van der Waals surface area contributed by atoms with E-state index in [1.54, 1.807) is 24.4 Å². The van der Waals surface area contributed by atoms with Gasteiger partial charge in [0.2, 0.25) is 0 Å². The fraction of sp³-hybridized carbons (Fsp3) is 0.278. The van der Waals surface area contributed by atoms with E-state index in [0.29, 0.717) is 17.6 Å². The minimum Gasteiger partial charge on any atom is -0.356 e. The summed E-state index contributed by atoms with van der Waals surface area (Å²) in [5, 5.41) is 10.5. The van der Waals surface area contributed by atoms with Gasteiger partial charge in [-0.2, -0.15) is 5.10 Å². The van der Waals surface area contributed by atoms with E-state index >= 15 is 0 Å². The predicted octanol–water partition coefficient (Wildman–Crippen LogP) is 3.46. The van der Waals surface area contributed by atoms with Crippen LogP contribution in [-0.4, -0.2) is 22.0 Å². The molecule has 2 aromatic rings. The summed E-state index contributed by atoms with van der Waals surface area (Å²) in [7, 11) is 0. The number of carbonyl (C=O) groups excluding carboxylic acids is 2. The Morgan fingerprint density at radius 3 is 2.83 bits per heavy atom. The van der Waals surface area contributed by atoms with Gasteiger partial charge in [-0.25, -0.2) is 0 Å². The van der Waals surface area contributed by atoms with Crippen molar-refractivity contribution in [1.29, 1.82) is 0 Å². The van der Waals surface area contributed by atoms with Crippen molar-refractivity contribution in [2.45, 2.75) is 33.2 Å². The summed E-state index contributed by atoms with van der Waals surface area (Å²) in [6, 6.07) is 5.46. The maximum absolute atomic E-state index is 12.4. The number of hydrogen-bond acceptors (Lipinski definition) is 4. The van der Waals surface area contributed by atoms with Crippen LogP contribution in [-0.2, 0) is 4.79 Å². The van der Waals surface area contributed by atoms with Crippen LogP contribution in [0.3, 0.4) is 0 Å². The first-order valence-electron chi connectivity index (χ1n) is 7.98. The first-order valence-corrected chi connectivity index (χ1v) is 7.98. The molecular formula is C18H20N4O2. The van der Waals surface area contributed by atoms with Crippen LogP contribution in [0.2, 0.25) is 0 Å². The van der Waals surface area contributed by atoms with Crippen LogP contribution >= 0.6 is 0 Å². The number of rotatable bonds is 5. The molecule has 0 spiro atoms. The summed E-state index contributed by atoms with van der Waals surface area (Å²) in [6.45, 7) is 6.09. The Morgan fingerprint density at radius 2 is 2.21 bits per heavy atom. The van der Waals surface area contributed by atoms with Crippen LogP contribution in [0.15, 0.2) is 36.3 Å². The van der Waals surface area contributed by atoms with Crippen molar-refractivity contribution in [3.05, 3.63) is 47.4 Å². The van der Waals surface area contributed by atoms with Crippen LogP contribution in [0.25, 0.3) is 5.57 Å². The highest BCUT2D eigenvalue weighted by molar-refractivity contribution is 6.32. The molecule has 124 valence electrons. The molecule has 0 saturated heterocycles. The van der Waals surface area contributed by atoms with E-state index in [0.717, 1.165) is 28.9 Å². The first-order chi connectivity index (χ1) is 11.5. The van der Waals surface area contributed by atoms with Crippen molar-refractivity contribution in [2.24, 2.45) is 0 Å². The molecule has 0 aliphatic carbocycles. The Bertz CT molecular complexity index is 833. The second-order valence-corrected chi connectivity index (χ2v) is 6.01. The van der Waals surface area contributed by atoms with Crippen molar-refractivity contribution >= 4 is 29.1 Å². The maximum atomic E-state index is 12.4. The maximum Gasteiger partial charge on any atom is 0.258 e. The molecular weight excluding hydrogens is 304 g/mol. The highest BCUT2D eigenvalue weighted by Crippen LogP contribution is 2.35. The average Bonchev–Trinajstić information content (AvgIpc) is 3.16. The Hall–Kier alpha value is -2.89. The zero-order valence-electron chi connectivity index (χ0n) is 14.0. The number of benzene rings is 1. The van der Waals surface area contributed by atoms with E-state index in [1.165, 1.54) is 0 Å². The summed E-state index contributed by atoms with van der Waals surface area (Å²) in [6.07, 6.45) is 5.09. The number of carbonyl (C=O) groups is 2. The SMILES string of the molecule is CC/C(Nc1cnn(C(C)C)c1)=C1/C(=O)Nc2ccc(C=O)cc21. The molecule has 24 heavy (non-hydrogen) atoms. The van der Waals surface area contributed by atoms with Gasteiger partial charge in [0.1, 0.15) is 6.29 Å². The first kappa shape index (κ1) is 16.0. The van der Waals surface area contributed by atoms with Gasteiger partial charge in [0.05, 0.1) is 17.5 Å². The van der Waals surface area contributed by atoms with Gasteiger partial charge in [-0.05, 0) is 38.5 Å². The van der Waals surface area contributed by atoms with Crippen molar-refractivity contribution in [2.75, 3.05) is 10.6 Å². The Labute approximate surface area is 140 Å². The minimum absolute atomic E-state index is 0.159. The molecule has 1 aromatic carbocycles. The molecule has 1 aliphatic rings. The lowest BCUT2D eigenvalue weighted by molar-refractivity contribution is -0.110. The number of aldehydes is 1. The fourth-order valence-corrected chi connectivity index (χ4v) is 2.74. The van der Waals surface area contributed by atoms with E-state index in [2.05, 4.69) is 29.6 Å². The Kier molecular flexibility index (Phi) is 4.20. The summed E-state index contributed by atoms with van der Waals surface area (Å²) in [5.74, 6) is -0.159. The summed E-state index contributed by atoms with van der Waals surface area (Å²) in [4.78, 5) is 23.5. The molecule has 6 heteroatoms. The second-order valence-electron chi connectivity index (χ2n) is 6.01. The number of nitrogens with zero attached hydrogens (tertiary/aromatic N) is 2. The normalized spacial score (nSPS) is 15.2. The Balaban J connectivity index is 2.02. The van der Waals surface area contributed by atoms with Crippen molar-refractivity contribution < 1.29 is 9.59 Å². The molecule has 0 fully saturated rings. The van der Waals surface area contributed by atoms with Crippen molar-refractivity contribution in [3.8, 4) is 0 Å². The summed E-state index contributed by atoms with van der Waals surface area (Å²) in [5.41, 5.74) is 4.24. The van der Waals surface area contributed by atoms with Crippen LogP contribution in [0.4, 0.5) is 11.4 Å². The van der Waals surface area contributed by atoms with Crippen LogP contribution < -0.4 is 10.6 Å². The zero-order chi connectivity index (χ0) is 17.3. The number of nitrogens with one attached hydrogen (secondary N) is 2. The zero-order valence-corrected chi connectivity index (χ0v) is 14.0. The van der Waals surface area contributed by atoms with Crippen LogP contribution in [0.1, 0.15) is 49.2 Å². The van der Waals surface area contributed by atoms with Gasteiger partial charge >= 0.3 is 0 Å². The lowest BCUT2D eigenvalue weighted by Gasteiger charge is -2.11. The average molecular weight is 324 g/mol. The van der Waals surface area contributed by atoms with E-state index in [9.17, 15) is 9.59 Å². The van der Waals surface area contributed by atoms with Crippen LogP contribution in [0.5, 0.6) is 0 Å². The number of allylic oxidation sites excluding steroid dienone is 1. The smallest absolute Gasteiger partial charge is 0.258 e. The quantitative estimate of drug-likeness (QED) is 0.652. The van der Waals surface area contributed by atoms with E-state index in [-0.39, 0.29) is 11.9 Å². The summed E-state index contributed by atoms with van der Waals surface area (Å²) < 4.78 is 1.85. The van der Waals surface area contributed by atoms with Gasteiger partial charge in [-0.1, -0.05) is 6.92 Å². The molecule has 1 amide bonds. The summed E-state index contributed by atoms with van der Waals surface area (Å²) >= 11 is 0. The fourth-order valence-electron chi connectivity index (χ4n) is 2.74. The lowest BCUT2D eigenvalue weighted by atomic mass is 10.0. The van der Waals surface area contributed by atoms with E-state index in [4.69, 9.17) is 0 Å². The molecule has 3 rings (SSSR count). The molecule has 6 nitrogen and oxygen atoms in total. The lowest BCUT2D eigenvalue weighted by Crippen LogP contribution is -2.10. The number of aromatic nitrogens is 2. The number of fused-ring (bicyclic) bond motifs is 1. The third-order valence-electron chi connectivity index (χ3n) is 4.01. The second kappa shape index (κ2) is 6.31. The number of anilines is 2. The molecule has 0 unspecified atom stereocenters. The molecule has 1 aromatic heterocycles. The van der Waals surface area contributed by atoms with Crippen molar-refractivity contribution in [3.63, 3.8) is 0 Å². The number of amides is 1. The Morgan fingerprint density at radius 1 is 1.42 bits per heavy atom. The van der Waals surface area contributed by atoms with E-state index < -0.39 is 0 Å². The largest absolute Gasteiger partial charge is 0.356 e. The van der Waals surface area contributed by atoms with Gasteiger partial charge in [-0.15, -0.1) is 0 Å². The minimum atomic E-state index is -0.159. The molecule has 0 atom stereocenters. The van der Waals surface area contributed by atoms with Gasteiger partial charge in [0, 0.05) is 34.8 Å². The predicted molar refractivity (Wildman–Crippen MR) is 93.9 cm³/mol. The molecule has 0 bridgehead atoms. The molecule has 2 N–H and O–H groups in total. The molecule has 0 saturated carbocycles. The molecule has 1 aliphatic heterocycles. The highest BCUT2D eigenvalue weighted by Gasteiger charge is 2.27. The third kappa shape index (κ3) is 2.82. The highest BCUT2D eigenvalue weighted by atomic mass is 16.2. The van der Waals surface area contributed by atoms with Gasteiger partial charge in [0.25, 0.3) is 5.91 Å². The van der Waals surface area contributed by atoms with Crippen LogP contribution in [0, 0.1) is 0 Å². The van der Waals surface area contributed by atoms with E-state index in [1.807, 2.05) is 17.8 Å². The standard InChI is InChI=1S/C18H20N4O2/c1-4-15(20-13-8-19-22(9-13)11(2)3)17-14-7-12(10-23)5-6-16(14)21-18(17)24/h5-11,20H,4H2,1-3H3,(H,21,24)/b17-15-. The topological polar surface area (TPSA) is 76.0 Å². The molecule has 0 radical (unpaired) electrons.